The molecule has 2 amide bonds. The Kier molecular flexibility index (Phi) is 4.73. The fourth-order valence-corrected chi connectivity index (χ4v) is 3.20. The second-order valence-corrected chi connectivity index (χ2v) is 6.40. The summed E-state index contributed by atoms with van der Waals surface area (Å²) < 4.78 is 0. The van der Waals surface area contributed by atoms with Crippen LogP contribution in [0.4, 0.5) is 5.82 Å². The summed E-state index contributed by atoms with van der Waals surface area (Å²) >= 11 is 0. The predicted octanol–water partition coefficient (Wildman–Crippen LogP) is 0.627. The summed E-state index contributed by atoms with van der Waals surface area (Å²) in [5.74, 6) is 1.40. The van der Waals surface area contributed by atoms with E-state index in [0.717, 1.165) is 25.3 Å². The fraction of sp³-hybridized carbons (Fsp3) is 0.625. The van der Waals surface area contributed by atoms with E-state index in [1.54, 1.807) is 15.9 Å². The van der Waals surface area contributed by atoms with Crippen LogP contribution in [0.25, 0.3) is 0 Å². The number of amides is 2. The molecule has 7 nitrogen and oxygen atoms in total. The minimum Gasteiger partial charge on any atom is -0.355 e. The van der Waals surface area contributed by atoms with E-state index in [1.165, 1.54) is 12.8 Å². The standard InChI is InChI=1S/C16H23N5O2/c1-13-3-2-6-21(11-13)15-5-4-14(17-18-15)16(23)20-9-7-19(12-22)8-10-20/h4-5,12-13H,2-3,6-11H2,1H3. The van der Waals surface area contributed by atoms with E-state index in [4.69, 9.17) is 0 Å². The molecule has 7 heteroatoms. The molecule has 0 spiro atoms. The number of hydrogen-bond donors (Lipinski definition) is 0. The summed E-state index contributed by atoms with van der Waals surface area (Å²) in [7, 11) is 0. The maximum absolute atomic E-state index is 12.4. The van der Waals surface area contributed by atoms with Crippen molar-refractivity contribution in [1.82, 2.24) is 20.0 Å². The van der Waals surface area contributed by atoms with Crippen LogP contribution in [0.3, 0.4) is 0 Å². The lowest BCUT2D eigenvalue weighted by Crippen LogP contribution is -2.48. The number of rotatable bonds is 3. The first kappa shape index (κ1) is 15.7. The largest absolute Gasteiger partial charge is 0.355 e. The zero-order chi connectivity index (χ0) is 16.2. The minimum atomic E-state index is -0.110. The number of piperazine rings is 1. The highest BCUT2D eigenvalue weighted by molar-refractivity contribution is 5.92. The molecular weight excluding hydrogens is 294 g/mol. The topological polar surface area (TPSA) is 69.6 Å². The Hall–Kier alpha value is -2.18. The number of carbonyl (C=O) groups is 2. The summed E-state index contributed by atoms with van der Waals surface area (Å²) in [6.07, 6.45) is 3.26. The summed E-state index contributed by atoms with van der Waals surface area (Å²) in [6.45, 7) is 6.49. The van der Waals surface area contributed by atoms with Crippen molar-refractivity contribution in [2.45, 2.75) is 19.8 Å². The molecule has 0 saturated carbocycles. The lowest BCUT2D eigenvalue weighted by molar-refractivity contribution is -0.119. The molecule has 0 aliphatic carbocycles. The Balaban J connectivity index is 1.62. The molecule has 0 aromatic carbocycles. The third-order valence-electron chi connectivity index (χ3n) is 4.60. The van der Waals surface area contributed by atoms with Gasteiger partial charge in [0.2, 0.25) is 6.41 Å². The third kappa shape index (κ3) is 3.60. The molecule has 2 fully saturated rings. The van der Waals surface area contributed by atoms with Gasteiger partial charge < -0.3 is 14.7 Å². The molecule has 1 aromatic rings. The molecule has 2 saturated heterocycles. The Morgan fingerprint density at radius 2 is 1.96 bits per heavy atom. The SMILES string of the molecule is CC1CCCN(c2ccc(C(=O)N3CCN(C=O)CC3)nn2)C1. The summed E-state index contributed by atoms with van der Waals surface area (Å²) in [6, 6.07) is 3.65. The van der Waals surface area contributed by atoms with Crippen molar-refractivity contribution >= 4 is 18.1 Å². The van der Waals surface area contributed by atoms with E-state index >= 15 is 0 Å². The van der Waals surface area contributed by atoms with Gasteiger partial charge in [-0.15, -0.1) is 10.2 Å². The minimum absolute atomic E-state index is 0.110. The number of anilines is 1. The Labute approximate surface area is 136 Å². The lowest BCUT2D eigenvalue weighted by Gasteiger charge is -2.32. The molecule has 0 bridgehead atoms. The zero-order valence-corrected chi connectivity index (χ0v) is 13.5. The Morgan fingerprint density at radius 1 is 1.17 bits per heavy atom. The number of piperidine rings is 1. The zero-order valence-electron chi connectivity index (χ0n) is 13.5. The smallest absolute Gasteiger partial charge is 0.274 e. The van der Waals surface area contributed by atoms with Gasteiger partial charge in [0.25, 0.3) is 5.91 Å². The van der Waals surface area contributed by atoms with Crippen LogP contribution in [0.2, 0.25) is 0 Å². The molecule has 23 heavy (non-hydrogen) atoms. The summed E-state index contributed by atoms with van der Waals surface area (Å²) in [4.78, 5) is 28.8. The third-order valence-corrected chi connectivity index (χ3v) is 4.60. The van der Waals surface area contributed by atoms with Gasteiger partial charge in [-0.3, -0.25) is 9.59 Å². The second kappa shape index (κ2) is 6.93. The van der Waals surface area contributed by atoms with Gasteiger partial charge >= 0.3 is 0 Å². The molecule has 0 N–H and O–H groups in total. The first-order chi connectivity index (χ1) is 11.2. The average molecular weight is 317 g/mol. The lowest BCUT2D eigenvalue weighted by atomic mass is 10.0. The predicted molar refractivity (Wildman–Crippen MR) is 86.2 cm³/mol. The Morgan fingerprint density at radius 3 is 2.57 bits per heavy atom. The number of aromatic nitrogens is 2. The maximum Gasteiger partial charge on any atom is 0.274 e. The van der Waals surface area contributed by atoms with Crippen molar-refractivity contribution in [3.8, 4) is 0 Å². The van der Waals surface area contributed by atoms with Crippen molar-refractivity contribution in [2.24, 2.45) is 5.92 Å². The molecule has 1 aromatic heterocycles. The van der Waals surface area contributed by atoms with Crippen molar-refractivity contribution in [1.29, 1.82) is 0 Å². The van der Waals surface area contributed by atoms with E-state index in [1.807, 2.05) is 6.07 Å². The van der Waals surface area contributed by atoms with Crippen LogP contribution in [-0.4, -0.2) is 71.6 Å². The van der Waals surface area contributed by atoms with E-state index in [0.29, 0.717) is 37.8 Å². The monoisotopic (exact) mass is 317 g/mol. The van der Waals surface area contributed by atoms with Crippen molar-refractivity contribution in [3.05, 3.63) is 17.8 Å². The van der Waals surface area contributed by atoms with Crippen molar-refractivity contribution in [2.75, 3.05) is 44.2 Å². The van der Waals surface area contributed by atoms with Gasteiger partial charge in [0.1, 0.15) is 0 Å². The quantitative estimate of drug-likeness (QED) is 0.765. The molecule has 2 aliphatic rings. The van der Waals surface area contributed by atoms with Crippen molar-refractivity contribution in [3.63, 3.8) is 0 Å². The summed E-state index contributed by atoms with van der Waals surface area (Å²) in [5.41, 5.74) is 0.373. The van der Waals surface area contributed by atoms with E-state index in [2.05, 4.69) is 22.0 Å². The number of nitrogens with zero attached hydrogens (tertiary/aromatic N) is 5. The van der Waals surface area contributed by atoms with Gasteiger partial charge in [-0.05, 0) is 30.9 Å². The highest BCUT2D eigenvalue weighted by Crippen LogP contribution is 2.20. The van der Waals surface area contributed by atoms with Crippen LogP contribution >= 0.6 is 0 Å². The molecule has 3 rings (SSSR count). The highest BCUT2D eigenvalue weighted by Gasteiger charge is 2.23. The molecule has 3 heterocycles. The average Bonchev–Trinajstić information content (AvgIpc) is 2.61. The molecular formula is C16H23N5O2. The van der Waals surface area contributed by atoms with Crippen LogP contribution in [-0.2, 0) is 4.79 Å². The molecule has 2 aliphatic heterocycles. The first-order valence-corrected chi connectivity index (χ1v) is 8.24. The molecule has 1 atom stereocenters. The molecule has 0 radical (unpaired) electrons. The van der Waals surface area contributed by atoms with Gasteiger partial charge in [0.05, 0.1) is 0 Å². The van der Waals surface area contributed by atoms with Gasteiger partial charge in [-0.1, -0.05) is 6.92 Å². The Bertz CT molecular complexity index is 554. The second-order valence-electron chi connectivity index (χ2n) is 6.40. The van der Waals surface area contributed by atoms with Gasteiger partial charge in [0, 0.05) is 39.3 Å². The molecule has 1 unspecified atom stereocenters. The highest BCUT2D eigenvalue weighted by atomic mass is 16.2. The number of carbonyl (C=O) groups excluding carboxylic acids is 2. The summed E-state index contributed by atoms with van der Waals surface area (Å²) in [5, 5.41) is 8.37. The van der Waals surface area contributed by atoms with E-state index in [-0.39, 0.29) is 5.91 Å². The van der Waals surface area contributed by atoms with Gasteiger partial charge in [-0.2, -0.15) is 0 Å². The fourth-order valence-electron chi connectivity index (χ4n) is 3.20. The van der Waals surface area contributed by atoms with Crippen LogP contribution in [0.15, 0.2) is 12.1 Å². The first-order valence-electron chi connectivity index (χ1n) is 8.24. The van der Waals surface area contributed by atoms with Gasteiger partial charge in [0.15, 0.2) is 11.5 Å². The maximum atomic E-state index is 12.4. The van der Waals surface area contributed by atoms with E-state index < -0.39 is 0 Å². The normalized spacial score (nSPS) is 22.1. The van der Waals surface area contributed by atoms with Crippen LogP contribution < -0.4 is 4.90 Å². The molecule has 124 valence electrons. The van der Waals surface area contributed by atoms with Crippen LogP contribution in [0.5, 0.6) is 0 Å². The van der Waals surface area contributed by atoms with Gasteiger partial charge in [-0.25, -0.2) is 0 Å². The number of hydrogen-bond acceptors (Lipinski definition) is 5. The van der Waals surface area contributed by atoms with Crippen molar-refractivity contribution < 1.29 is 9.59 Å². The van der Waals surface area contributed by atoms with Crippen LogP contribution in [0, 0.1) is 5.92 Å². The van der Waals surface area contributed by atoms with E-state index in [9.17, 15) is 9.59 Å². The van der Waals surface area contributed by atoms with Crippen LogP contribution in [0.1, 0.15) is 30.3 Å².